The van der Waals surface area contributed by atoms with Crippen molar-refractivity contribution in [1.82, 2.24) is 9.55 Å². The molecule has 0 saturated carbocycles. The summed E-state index contributed by atoms with van der Waals surface area (Å²) in [5.74, 6) is -0.483. The maximum absolute atomic E-state index is 12.4. The standard InChI is InChI=1S/C20H16N2O6/c1-27-12-8-6-11(7-9-12)10-22-18(24)15(17(23)21-20(22)26)16-13-4-2-3-5-14(13)19(25)28-16/h2-9,16,24H,10H2,1H3,(H,21,23,26)/t16-/m0/s1. The highest BCUT2D eigenvalue weighted by atomic mass is 16.5. The number of carbonyl (C=O) groups is 1. The lowest BCUT2D eigenvalue weighted by Gasteiger charge is -2.15. The largest absolute Gasteiger partial charge is 0.497 e. The Hall–Kier alpha value is -3.81. The second kappa shape index (κ2) is 6.73. The van der Waals surface area contributed by atoms with Crippen molar-refractivity contribution in [2.45, 2.75) is 12.6 Å². The fourth-order valence-corrected chi connectivity index (χ4v) is 3.23. The molecular formula is C20H16N2O6. The first kappa shape index (κ1) is 17.6. The van der Waals surface area contributed by atoms with Gasteiger partial charge in [0.2, 0.25) is 5.88 Å². The van der Waals surface area contributed by atoms with E-state index in [0.29, 0.717) is 22.4 Å². The maximum atomic E-state index is 12.4. The number of ether oxygens (including phenoxy) is 2. The molecule has 0 fully saturated rings. The molecule has 0 bridgehead atoms. The van der Waals surface area contributed by atoms with Gasteiger partial charge in [-0.1, -0.05) is 30.3 Å². The van der Waals surface area contributed by atoms with Crippen LogP contribution in [0.15, 0.2) is 58.1 Å². The number of aromatic amines is 1. The molecule has 0 aliphatic carbocycles. The van der Waals surface area contributed by atoms with E-state index in [1.807, 2.05) is 0 Å². The van der Waals surface area contributed by atoms with E-state index in [2.05, 4.69) is 4.98 Å². The minimum absolute atomic E-state index is 0.0146. The van der Waals surface area contributed by atoms with Crippen LogP contribution >= 0.6 is 0 Å². The van der Waals surface area contributed by atoms with Crippen LogP contribution in [0.5, 0.6) is 11.6 Å². The predicted molar refractivity (Wildman–Crippen MR) is 98.8 cm³/mol. The fraction of sp³-hybridized carbons (Fsp3) is 0.150. The van der Waals surface area contributed by atoms with Crippen molar-refractivity contribution in [3.05, 3.63) is 91.6 Å². The zero-order valence-electron chi connectivity index (χ0n) is 14.8. The Kier molecular flexibility index (Phi) is 4.23. The molecule has 0 radical (unpaired) electrons. The van der Waals surface area contributed by atoms with E-state index in [-0.39, 0.29) is 12.1 Å². The molecule has 0 unspecified atom stereocenters. The molecule has 0 amide bonds. The molecule has 28 heavy (non-hydrogen) atoms. The van der Waals surface area contributed by atoms with Gasteiger partial charge in [-0.05, 0) is 23.8 Å². The highest BCUT2D eigenvalue weighted by molar-refractivity contribution is 5.94. The number of aromatic nitrogens is 2. The number of methoxy groups -OCH3 is 1. The smallest absolute Gasteiger partial charge is 0.339 e. The van der Waals surface area contributed by atoms with Gasteiger partial charge in [0.25, 0.3) is 5.56 Å². The van der Waals surface area contributed by atoms with Gasteiger partial charge < -0.3 is 14.6 Å². The Morgan fingerprint density at radius 1 is 1.11 bits per heavy atom. The number of hydrogen-bond acceptors (Lipinski definition) is 6. The molecule has 8 heteroatoms. The molecule has 2 heterocycles. The average molecular weight is 380 g/mol. The summed E-state index contributed by atoms with van der Waals surface area (Å²) in [6, 6.07) is 13.5. The first-order valence-electron chi connectivity index (χ1n) is 8.48. The number of aromatic hydroxyl groups is 1. The molecule has 8 nitrogen and oxygen atoms in total. The Bertz CT molecular complexity index is 1180. The summed E-state index contributed by atoms with van der Waals surface area (Å²) in [6.07, 6.45) is -1.09. The summed E-state index contributed by atoms with van der Waals surface area (Å²) in [6.45, 7) is 0.0146. The summed E-state index contributed by atoms with van der Waals surface area (Å²) < 4.78 is 11.4. The second-order valence-corrected chi connectivity index (χ2v) is 6.30. The molecule has 4 rings (SSSR count). The Morgan fingerprint density at radius 2 is 1.82 bits per heavy atom. The van der Waals surface area contributed by atoms with Gasteiger partial charge in [-0.3, -0.25) is 14.3 Å². The van der Waals surface area contributed by atoms with Crippen LogP contribution in [-0.2, 0) is 11.3 Å². The molecule has 2 N–H and O–H groups in total. The van der Waals surface area contributed by atoms with Crippen LogP contribution in [0.1, 0.15) is 33.2 Å². The van der Waals surface area contributed by atoms with Gasteiger partial charge in [-0.15, -0.1) is 0 Å². The normalized spacial score (nSPS) is 15.2. The number of cyclic esters (lactones) is 1. The van der Waals surface area contributed by atoms with E-state index < -0.39 is 29.2 Å². The van der Waals surface area contributed by atoms with Gasteiger partial charge >= 0.3 is 11.7 Å². The number of H-pyrrole nitrogens is 1. The second-order valence-electron chi connectivity index (χ2n) is 6.30. The lowest BCUT2D eigenvalue weighted by molar-refractivity contribution is 0.0448. The lowest BCUT2D eigenvalue weighted by atomic mass is 10.0. The van der Waals surface area contributed by atoms with Gasteiger partial charge in [0.15, 0.2) is 6.10 Å². The van der Waals surface area contributed by atoms with Crippen LogP contribution in [0.4, 0.5) is 0 Å². The molecule has 142 valence electrons. The number of nitrogens with one attached hydrogen (secondary N) is 1. The molecular weight excluding hydrogens is 364 g/mol. The summed E-state index contributed by atoms with van der Waals surface area (Å²) in [5, 5.41) is 10.7. The van der Waals surface area contributed by atoms with Crippen LogP contribution in [-0.4, -0.2) is 27.7 Å². The lowest BCUT2D eigenvalue weighted by Crippen LogP contribution is -2.33. The van der Waals surface area contributed by atoms with Crippen molar-refractivity contribution in [2.24, 2.45) is 0 Å². The van der Waals surface area contributed by atoms with Crippen LogP contribution in [0.2, 0.25) is 0 Å². The van der Waals surface area contributed by atoms with Gasteiger partial charge in [0.05, 0.1) is 19.2 Å². The van der Waals surface area contributed by atoms with Crippen LogP contribution in [0, 0.1) is 0 Å². The van der Waals surface area contributed by atoms with Crippen LogP contribution in [0.25, 0.3) is 0 Å². The number of rotatable bonds is 4. The zero-order chi connectivity index (χ0) is 19.8. The number of hydrogen-bond donors (Lipinski definition) is 2. The third kappa shape index (κ3) is 2.84. The van der Waals surface area contributed by atoms with Crippen molar-refractivity contribution in [3.8, 4) is 11.6 Å². The van der Waals surface area contributed by atoms with E-state index in [1.165, 1.54) is 0 Å². The van der Waals surface area contributed by atoms with Gasteiger partial charge in [-0.2, -0.15) is 0 Å². The molecule has 3 aromatic rings. The van der Waals surface area contributed by atoms with Crippen molar-refractivity contribution in [2.75, 3.05) is 7.11 Å². The topological polar surface area (TPSA) is 111 Å². The molecule has 1 aromatic heterocycles. The number of benzene rings is 2. The Morgan fingerprint density at radius 3 is 2.54 bits per heavy atom. The molecule has 0 saturated heterocycles. The SMILES string of the molecule is COc1ccc(Cn2c(O)c([C@H]3OC(=O)c4ccccc43)c(=O)[nH]c2=O)cc1. The van der Waals surface area contributed by atoms with Crippen molar-refractivity contribution >= 4 is 5.97 Å². The van der Waals surface area contributed by atoms with E-state index in [9.17, 15) is 19.5 Å². The van der Waals surface area contributed by atoms with Gasteiger partial charge in [-0.25, -0.2) is 9.59 Å². The highest BCUT2D eigenvalue weighted by Gasteiger charge is 2.36. The van der Waals surface area contributed by atoms with Crippen molar-refractivity contribution in [3.63, 3.8) is 0 Å². The highest BCUT2D eigenvalue weighted by Crippen LogP contribution is 2.37. The van der Waals surface area contributed by atoms with Crippen LogP contribution in [0.3, 0.4) is 0 Å². The first-order chi connectivity index (χ1) is 13.5. The third-order valence-corrected chi connectivity index (χ3v) is 4.66. The van der Waals surface area contributed by atoms with E-state index in [1.54, 1.807) is 55.6 Å². The predicted octanol–water partition coefficient (Wildman–Crippen LogP) is 1.56. The van der Waals surface area contributed by atoms with E-state index >= 15 is 0 Å². The van der Waals surface area contributed by atoms with Gasteiger partial charge in [0.1, 0.15) is 11.3 Å². The Balaban J connectivity index is 1.80. The average Bonchev–Trinajstić information content (AvgIpc) is 3.02. The van der Waals surface area contributed by atoms with Gasteiger partial charge in [0, 0.05) is 5.56 Å². The molecule has 1 aliphatic heterocycles. The van der Waals surface area contributed by atoms with Crippen molar-refractivity contribution in [1.29, 1.82) is 0 Å². The summed E-state index contributed by atoms with van der Waals surface area (Å²) >= 11 is 0. The summed E-state index contributed by atoms with van der Waals surface area (Å²) in [5.41, 5.74) is -0.267. The maximum Gasteiger partial charge on any atom is 0.339 e. The minimum Gasteiger partial charge on any atom is -0.497 e. The fourth-order valence-electron chi connectivity index (χ4n) is 3.23. The zero-order valence-corrected chi connectivity index (χ0v) is 14.8. The quantitative estimate of drug-likeness (QED) is 0.665. The summed E-state index contributed by atoms with van der Waals surface area (Å²) in [7, 11) is 1.54. The Labute approximate surface area is 158 Å². The molecule has 1 aliphatic rings. The monoisotopic (exact) mass is 380 g/mol. The molecule has 2 aromatic carbocycles. The molecule has 1 atom stereocenters. The van der Waals surface area contributed by atoms with E-state index in [4.69, 9.17) is 9.47 Å². The van der Waals surface area contributed by atoms with Crippen LogP contribution < -0.4 is 16.0 Å². The number of nitrogens with zero attached hydrogens (tertiary/aromatic N) is 1. The third-order valence-electron chi connectivity index (χ3n) is 4.66. The first-order valence-corrected chi connectivity index (χ1v) is 8.48. The number of carbonyl (C=O) groups excluding carboxylic acids is 1. The molecule has 0 spiro atoms. The number of fused-ring (bicyclic) bond motifs is 1. The summed E-state index contributed by atoms with van der Waals surface area (Å²) in [4.78, 5) is 39.0. The number of esters is 1. The van der Waals surface area contributed by atoms with Crippen molar-refractivity contribution < 1.29 is 19.4 Å². The minimum atomic E-state index is -1.09. The van der Waals surface area contributed by atoms with E-state index in [0.717, 1.165) is 4.57 Å².